The number of anilines is 1. The van der Waals surface area contributed by atoms with Crippen molar-refractivity contribution in [2.75, 3.05) is 18.4 Å². The van der Waals surface area contributed by atoms with Crippen LogP contribution < -0.4 is 16.0 Å². The summed E-state index contributed by atoms with van der Waals surface area (Å²) in [4.78, 5) is 29.3. The molecular weight excluding hydrogens is 404 g/mol. The number of amides is 2. The molecular formula is C25H30N4O3. The lowest BCUT2D eigenvalue weighted by Crippen LogP contribution is -2.48. The summed E-state index contributed by atoms with van der Waals surface area (Å²) < 4.78 is 5.27. The average Bonchev–Trinajstić information content (AvgIpc) is 2.80. The Kier molecular flexibility index (Phi) is 8.43. The van der Waals surface area contributed by atoms with Gasteiger partial charge in [-0.2, -0.15) is 0 Å². The third-order valence-electron chi connectivity index (χ3n) is 4.91. The second-order valence-corrected chi connectivity index (χ2v) is 7.98. The molecule has 0 spiro atoms. The molecule has 0 aliphatic carbocycles. The van der Waals surface area contributed by atoms with E-state index in [9.17, 15) is 9.59 Å². The van der Waals surface area contributed by atoms with Crippen LogP contribution in [0.3, 0.4) is 0 Å². The second kappa shape index (κ2) is 11.7. The summed E-state index contributed by atoms with van der Waals surface area (Å²) in [6.45, 7) is 5.14. The number of carbonyl (C=O) groups excluding carboxylic acids is 2. The van der Waals surface area contributed by atoms with Crippen LogP contribution in [0.5, 0.6) is 0 Å². The van der Waals surface area contributed by atoms with E-state index in [1.165, 1.54) is 0 Å². The van der Waals surface area contributed by atoms with Crippen LogP contribution >= 0.6 is 0 Å². The normalized spacial score (nSPS) is 11.7. The Morgan fingerprint density at radius 1 is 0.969 bits per heavy atom. The third-order valence-corrected chi connectivity index (χ3v) is 4.91. The number of alkyl carbamates (subject to hydrolysis) is 1. The molecule has 32 heavy (non-hydrogen) atoms. The Morgan fingerprint density at radius 3 is 2.56 bits per heavy atom. The highest BCUT2D eigenvalue weighted by atomic mass is 16.5. The maximum atomic E-state index is 12.7. The summed E-state index contributed by atoms with van der Waals surface area (Å²) in [6, 6.07) is 18.6. The molecule has 1 heterocycles. The largest absolute Gasteiger partial charge is 0.445 e. The van der Waals surface area contributed by atoms with E-state index in [1.807, 2.05) is 74.5 Å². The van der Waals surface area contributed by atoms with Gasteiger partial charge in [-0.05, 0) is 42.2 Å². The third kappa shape index (κ3) is 6.97. The molecule has 3 aromatic rings. The van der Waals surface area contributed by atoms with Crippen LogP contribution in [0.25, 0.3) is 10.9 Å². The molecule has 0 unspecified atom stereocenters. The van der Waals surface area contributed by atoms with Gasteiger partial charge in [-0.3, -0.25) is 9.78 Å². The van der Waals surface area contributed by atoms with E-state index in [1.54, 1.807) is 6.20 Å². The van der Waals surface area contributed by atoms with Crippen molar-refractivity contribution in [1.29, 1.82) is 0 Å². The van der Waals surface area contributed by atoms with E-state index in [0.717, 1.165) is 22.2 Å². The van der Waals surface area contributed by atoms with Crippen molar-refractivity contribution >= 4 is 28.6 Å². The number of nitrogens with zero attached hydrogens (tertiary/aromatic N) is 1. The maximum absolute atomic E-state index is 12.7. The van der Waals surface area contributed by atoms with E-state index in [-0.39, 0.29) is 18.4 Å². The number of ether oxygens (including phenoxy) is 1. The summed E-state index contributed by atoms with van der Waals surface area (Å²) >= 11 is 0. The fourth-order valence-corrected chi connectivity index (χ4v) is 3.37. The van der Waals surface area contributed by atoms with Gasteiger partial charge in [-0.15, -0.1) is 0 Å². The van der Waals surface area contributed by atoms with E-state index in [4.69, 9.17) is 4.74 Å². The fourth-order valence-electron chi connectivity index (χ4n) is 3.37. The topological polar surface area (TPSA) is 92.3 Å². The first kappa shape index (κ1) is 23.1. The number of nitrogens with one attached hydrogen (secondary N) is 3. The van der Waals surface area contributed by atoms with Gasteiger partial charge < -0.3 is 20.7 Å². The van der Waals surface area contributed by atoms with Crippen LogP contribution in [0.4, 0.5) is 10.5 Å². The number of aromatic nitrogens is 1. The maximum Gasteiger partial charge on any atom is 0.408 e. The quantitative estimate of drug-likeness (QED) is 0.418. The number of fused-ring (bicyclic) bond motifs is 1. The lowest BCUT2D eigenvalue weighted by atomic mass is 10.0. The van der Waals surface area contributed by atoms with Crippen LogP contribution in [-0.4, -0.2) is 36.1 Å². The van der Waals surface area contributed by atoms with E-state index >= 15 is 0 Å². The van der Waals surface area contributed by atoms with E-state index < -0.39 is 12.1 Å². The van der Waals surface area contributed by atoms with E-state index in [0.29, 0.717) is 19.5 Å². The lowest BCUT2D eigenvalue weighted by molar-refractivity contribution is -0.123. The first-order valence-electron chi connectivity index (χ1n) is 10.9. The van der Waals surface area contributed by atoms with Crippen molar-refractivity contribution < 1.29 is 14.3 Å². The second-order valence-electron chi connectivity index (χ2n) is 7.98. The summed E-state index contributed by atoms with van der Waals surface area (Å²) in [5.41, 5.74) is 2.77. The first-order chi connectivity index (χ1) is 15.5. The molecule has 0 fully saturated rings. The van der Waals surface area contributed by atoms with Crippen LogP contribution in [0.1, 0.15) is 25.8 Å². The van der Waals surface area contributed by atoms with Crippen molar-refractivity contribution in [3.05, 3.63) is 72.4 Å². The van der Waals surface area contributed by atoms with Gasteiger partial charge in [0.25, 0.3) is 0 Å². The summed E-state index contributed by atoms with van der Waals surface area (Å²) in [6.07, 6.45) is 1.68. The molecule has 1 aromatic heterocycles. The van der Waals surface area contributed by atoms with Crippen LogP contribution in [0, 0.1) is 5.92 Å². The Bertz CT molecular complexity index is 1020. The van der Waals surface area contributed by atoms with Gasteiger partial charge in [0.05, 0.1) is 5.52 Å². The van der Waals surface area contributed by atoms with Crippen molar-refractivity contribution in [2.45, 2.75) is 32.9 Å². The highest BCUT2D eigenvalue weighted by molar-refractivity contribution is 5.91. The molecule has 2 amide bonds. The van der Waals surface area contributed by atoms with Gasteiger partial charge in [0.1, 0.15) is 12.6 Å². The van der Waals surface area contributed by atoms with Crippen LogP contribution in [-0.2, 0) is 16.1 Å². The molecule has 7 nitrogen and oxygen atoms in total. The fraction of sp³-hybridized carbons (Fsp3) is 0.320. The van der Waals surface area contributed by atoms with Crippen LogP contribution in [0.2, 0.25) is 0 Å². The molecule has 0 saturated heterocycles. The molecule has 2 aromatic carbocycles. The number of benzene rings is 2. The summed E-state index contributed by atoms with van der Waals surface area (Å²) in [5.74, 6) is 0.0122. The lowest BCUT2D eigenvalue weighted by Gasteiger charge is -2.20. The number of carbonyl (C=O) groups is 2. The number of hydrogen-bond donors (Lipinski definition) is 3. The smallest absolute Gasteiger partial charge is 0.408 e. The van der Waals surface area contributed by atoms with Crippen molar-refractivity contribution in [2.24, 2.45) is 5.92 Å². The zero-order valence-corrected chi connectivity index (χ0v) is 18.5. The predicted octanol–water partition coefficient (Wildman–Crippen LogP) is 4.10. The molecule has 168 valence electrons. The minimum atomic E-state index is -0.653. The highest BCUT2D eigenvalue weighted by Crippen LogP contribution is 2.20. The van der Waals surface area contributed by atoms with Gasteiger partial charge in [0.2, 0.25) is 5.91 Å². The highest BCUT2D eigenvalue weighted by Gasteiger charge is 2.22. The minimum Gasteiger partial charge on any atom is -0.445 e. The number of hydrogen-bond acceptors (Lipinski definition) is 5. The SMILES string of the molecule is CC(C)C[C@H](NC(=O)OCc1ccccc1)C(=O)NCCNc1cccc2ncccc12. The Labute approximate surface area is 188 Å². The zero-order valence-electron chi connectivity index (χ0n) is 18.5. The molecule has 0 bridgehead atoms. The molecule has 0 saturated carbocycles. The monoisotopic (exact) mass is 434 g/mol. The number of pyridine rings is 1. The summed E-state index contributed by atoms with van der Waals surface area (Å²) in [5, 5.41) is 9.96. The molecule has 0 radical (unpaired) electrons. The molecule has 3 N–H and O–H groups in total. The van der Waals surface area contributed by atoms with Gasteiger partial charge in [-0.25, -0.2) is 4.79 Å². The van der Waals surface area contributed by atoms with Crippen LogP contribution in [0.15, 0.2) is 66.9 Å². The van der Waals surface area contributed by atoms with Gasteiger partial charge >= 0.3 is 6.09 Å². The molecule has 1 atom stereocenters. The van der Waals surface area contributed by atoms with Crippen molar-refractivity contribution in [1.82, 2.24) is 15.6 Å². The first-order valence-corrected chi connectivity index (χ1v) is 10.9. The number of rotatable bonds is 10. The van der Waals surface area contributed by atoms with E-state index in [2.05, 4.69) is 20.9 Å². The van der Waals surface area contributed by atoms with Gasteiger partial charge in [-0.1, -0.05) is 50.2 Å². The Balaban J connectivity index is 1.47. The van der Waals surface area contributed by atoms with Gasteiger partial charge in [0, 0.05) is 30.4 Å². The van der Waals surface area contributed by atoms with Gasteiger partial charge in [0.15, 0.2) is 0 Å². The van der Waals surface area contributed by atoms with Crippen molar-refractivity contribution in [3.8, 4) is 0 Å². The average molecular weight is 435 g/mol. The molecule has 0 aliphatic rings. The Hall–Kier alpha value is -3.61. The summed E-state index contributed by atoms with van der Waals surface area (Å²) in [7, 11) is 0. The molecule has 7 heteroatoms. The molecule has 0 aliphatic heterocycles. The Morgan fingerprint density at radius 2 is 1.78 bits per heavy atom. The van der Waals surface area contributed by atoms with Crippen molar-refractivity contribution in [3.63, 3.8) is 0 Å². The molecule has 3 rings (SSSR count). The zero-order chi connectivity index (χ0) is 22.8. The predicted molar refractivity (Wildman–Crippen MR) is 126 cm³/mol. The standard InChI is InChI=1S/C25H30N4O3/c1-18(2)16-23(29-25(31)32-17-19-8-4-3-5-9-19)24(30)28-15-14-27-22-12-6-11-21-20(22)10-7-13-26-21/h3-13,18,23,27H,14-17H2,1-2H3,(H,28,30)(H,29,31)/t23-/m0/s1. The minimum absolute atomic E-state index is 0.159.